The average Bonchev–Trinajstić information content (AvgIpc) is 2.71. The van der Waals surface area contributed by atoms with Gasteiger partial charge in [-0.15, -0.1) is 0 Å². The van der Waals surface area contributed by atoms with Crippen LogP contribution in [-0.4, -0.2) is 16.7 Å². The van der Waals surface area contributed by atoms with Crippen LogP contribution in [0.15, 0.2) is 79.1 Å². The number of nitrogens with zero attached hydrogens (tertiary/aromatic N) is 1. The van der Waals surface area contributed by atoms with E-state index in [1.54, 1.807) is 42.7 Å². The van der Waals surface area contributed by atoms with Crippen molar-refractivity contribution in [3.05, 3.63) is 95.8 Å². The number of carbonyl (C=O) groups excluding carboxylic acids is 2. The lowest BCUT2D eigenvalue weighted by atomic mass is 10.1. The Morgan fingerprint density at radius 1 is 1.07 bits per heavy atom. The minimum absolute atomic E-state index is 0.158. The number of amides is 1. The van der Waals surface area contributed by atoms with Gasteiger partial charge >= 0.3 is 0 Å². The third-order valence-electron chi connectivity index (χ3n) is 3.92. The second kappa shape index (κ2) is 9.28. The number of anilines is 1. The van der Waals surface area contributed by atoms with Gasteiger partial charge in [-0.25, -0.2) is 0 Å². The SMILES string of the molecule is CC(=O)Nc1cccc(C(=O)/C=C/c2ccccc2OCc2cccnc2)c1. The van der Waals surface area contributed by atoms with Crippen molar-refractivity contribution in [2.75, 3.05) is 5.32 Å². The zero-order valence-corrected chi connectivity index (χ0v) is 15.5. The highest BCUT2D eigenvalue weighted by atomic mass is 16.5. The van der Waals surface area contributed by atoms with E-state index in [2.05, 4.69) is 10.3 Å². The molecule has 0 saturated carbocycles. The van der Waals surface area contributed by atoms with Crippen molar-refractivity contribution in [3.63, 3.8) is 0 Å². The molecule has 0 spiro atoms. The van der Waals surface area contributed by atoms with Crippen molar-refractivity contribution < 1.29 is 14.3 Å². The summed E-state index contributed by atoms with van der Waals surface area (Å²) in [4.78, 5) is 27.7. The number of hydrogen-bond donors (Lipinski definition) is 1. The Labute approximate surface area is 163 Å². The second-order valence-electron chi connectivity index (χ2n) is 6.15. The topological polar surface area (TPSA) is 68.3 Å². The molecule has 1 aromatic heterocycles. The fraction of sp³-hybridized carbons (Fsp3) is 0.0870. The number of ether oxygens (including phenoxy) is 1. The molecule has 3 aromatic rings. The van der Waals surface area contributed by atoms with Crippen molar-refractivity contribution in [2.45, 2.75) is 13.5 Å². The first kappa shape index (κ1) is 19.0. The molecule has 1 N–H and O–H groups in total. The van der Waals surface area contributed by atoms with E-state index in [4.69, 9.17) is 4.74 Å². The summed E-state index contributed by atoms with van der Waals surface area (Å²) in [5, 5.41) is 2.67. The molecular weight excluding hydrogens is 352 g/mol. The van der Waals surface area contributed by atoms with Crippen LogP contribution in [0.25, 0.3) is 6.08 Å². The molecule has 0 saturated heterocycles. The number of aromatic nitrogens is 1. The van der Waals surface area contributed by atoms with Gasteiger partial charge < -0.3 is 10.1 Å². The fourth-order valence-electron chi connectivity index (χ4n) is 2.61. The smallest absolute Gasteiger partial charge is 0.221 e. The summed E-state index contributed by atoms with van der Waals surface area (Å²) in [7, 11) is 0. The van der Waals surface area contributed by atoms with E-state index in [1.165, 1.54) is 13.0 Å². The number of carbonyl (C=O) groups is 2. The van der Waals surface area contributed by atoms with E-state index >= 15 is 0 Å². The third-order valence-corrected chi connectivity index (χ3v) is 3.92. The maximum atomic E-state index is 12.5. The fourth-order valence-corrected chi connectivity index (χ4v) is 2.61. The summed E-state index contributed by atoms with van der Waals surface area (Å²) in [6, 6.07) is 18.2. The molecule has 3 rings (SSSR count). The lowest BCUT2D eigenvalue weighted by Gasteiger charge is -2.09. The molecule has 0 bridgehead atoms. The number of rotatable bonds is 7. The van der Waals surface area contributed by atoms with E-state index < -0.39 is 0 Å². The highest BCUT2D eigenvalue weighted by molar-refractivity contribution is 6.07. The molecule has 0 fully saturated rings. The molecule has 2 aromatic carbocycles. The number of hydrogen-bond acceptors (Lipinski definition) is 4. The van der Waals surface area contributed by atoms with E-state index in [1.807, 2.05) is 36.4 Å². The number of para-hydroxylation sites is 1. The van der Waals surface area contributed by atoms with Gasteiger partial charge in [0.25, 0.3) is 0 Å². The molecular formula is C23H20N2O3. The van der Waals surface area contributed by atoms with Crippen LogP contribution in [0, 0.1) is 0 Å². The third kappa shape index (κ3) is 5.38. The Hall–Kier alpha value is -3.73. The molecule has 28 heavy (non-hydrogen) atoms. The zero-order valence-electron chi connectivity index (χ0n) is 15.5. The number of nitrogens with one attached hydrogen (secondary N) is 1. The van der Waals surface area contributed by atoms with Gasteiger partial charge in [0.05, 0.1) is 0 Å². The van der Waals surface area contributed by atoms with Crippen molar-refractivity contribution in [2.24, 2.45) is 0 Å². The molecule has 0 aliphatic heterocycles. The van der Waals surface area contributed by atoms with Gasteiger partial charge in [-0.05, 0) is 36.4 Å². The predicted octanol–water partition coefficient (Wildman–Crippen LogP) is 4.52. The first-order chi connectivity index (χ1) is 13.6. The molecule has 1 amide bonds. The largest absolute Gasteiger partial charge is 0.488 e. The minimum Gasteiger partial charge on any atom is -0.488 e. The molecule has 140 valence electrons. The summed E-state index contributed by atoms with van der Waals surface area (Å²) in [5.41, 5.74) is 2.85. The first-order valence-corrected chi connectivity index (χ1v) is 8.82. The van der Waals surface area contributed by atoms with Crippen LogP contribution in [0.3, 0.4) is 0 Å². The molecule has 0 aliphatic carbocycles. The van der Waals surface area contributed by atoms with Gasteiger partial charge in [0.1, 0.15) is 12.4 Å². The summed E-state index contributed by atoms with van der Waals surface area (Å²) in [6.45, 7) is 1.82. The van der Waals surface area contributed by atoms with E-state index in [-0.39, 0.29) is 11.7 Å². The molecule has 0 atom stereocenters. The molecule has 5 heteroatoms. The lowest BCUT2D eigenvalue weighted by molar-refractivity contribution is -0.114. The van der Waals surface area contributed by atoms with Gasteiger partial charge in [0, 0.05) is 41.7 Å². The second-order valence-corrected chi connectivity index (χ2v) is 6.15. The van der Waals surface area contributed by atoms with Crippen LogP contribution in [0.1, 0.15) is 28.4 Å². The van der Waals surface area contributed by atoms with E-state index in [0.717, 1.165) is 11.1 Å². The number of ketones is 1. The van der Waals surface area contributed by atoms with Gasteiger partial charge in [-0.3, -0.25) is 14.6 Å². The molecule has 0 radical (unpaired) electrons. The normalized spacial score (nSPS) is 10.6. The van der Waals surface area contributed by atoms with Crippen molar-refractivity contribution in [3.8, 4) is 5.75 Å². The Morgan fingerprint density at radius 2 is 1.93 bits per heavy atom. The summed E-state index contributed by atoms with van der Waals surface area (Å²) in [6.07, 6.45) is 6.70. The van der Waals surface area contributed by atoms with Gasteiger partial charge in [-0.1, -0.05) is 36.4 Å². The van der Waals surface area contributed by atoms with Gasteiger partial charge in [0.2, 0.25) is 5.91 Å². The Balaban J connectivity index is 1.72. The van der Waals surface area contributed by atoms with E-state index in [0.29, 0.717) is 23.6 Å². The Morgan fingerprint density at radius 3 is 2.71 bits per heavy atom. The lowest BCUT2D eigenvalue weighted by Crippen LogP contribution is -2.06. The highest BCUT2D eigenvalue weighted by Gasteiger charge is 2.06. The zero-order chi connectivity index (χ0) is 19.8. The summed E-state index contributed by atoms with van der Waals surface area (Å²) in [5.74, 6) is 0.344. The number of benzene rings is 2. The van der Waals surface area contributed by atoms with Crippen LogP contribution in [0.5, 0.6) is 5.75 Å². The maximum Gasteiger partial charge on any atom is 0.221 e. The molecule has 0 aliphatic rings. The van der Waals surface area contributed by atoms with Crippen LogP contribution >= 0.6 is 0 Å². The Kier molecular flexibility index (Phi) is 6.31. The first-order valence-electron chi connectivity index (χ1n) is 8.82. The minimum atomic E-state index is -0.181. The van der Waals surface area contributed by atoms with Gasteiger partial charge in [-0.2, -0.15) is 0 Å². The monoisotopic (exact) mass is 372 g/mol. The quantitative estimate of drug-likeness (QED) is 0.489. The number of allylic oxidation sites excluding steroid dienone is 1. The molecule has 0 unspecified atom stereocenters. The van der Waals surface area contributed by atoms with Crippen LogP contribution in [0.2, 0.25) is 0 Å². The van der Waals surface area contributed by atoms with Crippen LogP contribution in [-0.2, 0) is 11.4 Å². The van der Waals surface area contributed by atoms with E-state index in [9.17, 15) is 9.59 Å². The Bertz CT molecular complexity index is 997. The maximum absolute atomic E-state index is 12.5. The van der Waals surface area contributed by atoms with Gasteiger partial charge in [0.15, 0.2) is 5.78 Å². The van der Waals surface area contributed by atoms with Crippen LogP contribution < -0.4 is 10.1 Å². The van der Waals surface area contributed by atoms with Crippen LogP contribution in [0.4, 0.5) is 5.69 Å². The average molecular weight is 372 g/mol. The molecule has 5 nitrogen and oxygen atoms in total. The van der Waals surface area contributed by atoms with Crippen molar-refractivity contribution in [1.82, 2.24) is 4.98 Å². The van der Waals surface area contributed by atoms with Crippen molar-refractivity contribution >= 4 is 23.5 Å². The summed E-state index contributed by atoms with van der Waals surface area (Å²) >= 11 is 0. The summed E-state index contributed by atoms with van der Waals surface area (Å²) < 4.78 is 5.87. The molecule has 1 heterocycles. The van der Waals surface area contributed by atoms with Crippen molar-refractivity contribution in [1.29, 1.82) is 0 Å². The predicted molar refractivity (Wildman–Crippen MR) is 109 cm³/mol. The standard InChI is InChI=1S/C23H20N2O3/c1-17(26)25-21-9-4-8-20(14-21)22(27)12-11-19-7-2-3-10-23(19)28-16-18-6-5-13-24-15-18/h2-15H,16H2,1H3,(H,25,26)/b12-11+. The highest BCUT2D eigenvalue weighted by Crippen LogP contribution is 2.21. The number of pyridine rings is 1.